The minimum absolute atomic E-state index is 0.0140. The number of sulfonamides is 1. The highest BCUT2D eigenvalue weighted by molar-refractivity contribution is 7.93. The maximum Gasteiger partial charge on any atom is 0.236 e. The van der Waals surface area contributed by atoms with Gasteiger partial charge in [-0.3, -0.25) is 47.3 Å². The van der Waals surface area contributed by atoms with Gasteiger partial charge in [0.15, 0.2) is 0 Å². The quantitative estimate of drug-likeness (QED) is 0.209. The molecule has 9 aliphatic rings. The third kappa shape index (κ3) is 6.14. The molecule has 282 valence electrons. The van der Waals surface area contributed by atoms with E-state index in [0.29, 0.717) is 53.8 Å². The standard InChI is InChI=1S/C38H61N9O3S/c48-21-18-16-20(17-19-21)47-51(49,50)29-15-7-14-28-30(29)38-45-36-27-13-6-5-12-26(27)34(43-36)41-32-23-9-2-1-8-22(23)31(39-32)40-33-24-10-3-4-11-25(24)35(42-33)44-37(28)46-38/h16-19,22-48H,1-15H2. The number of nitrogens with one attached hydrogen (secondary N) is 9. The Morgan fingerprint density at radius 1 is 0.451 bits per heavy atom. The second-order valence-electron chi connectivity index (χ2n) is 17.9. The Labute approximate surface area is 304 Å². The molecule has 0 amide bonds. The van der Waals surface area contributed by atoms with Crippen molar-refractivity contribution in [3.05, 3.63) is 24.3 Å². The third-order valence-corrected chi connectivity index (χ3v) is 17.2. The molecule has 13 heteroatoms. The predicted octanol–water partition coefficient (Wildman–Crippen LogP) is 2.73. The summed E-state index contributed by atoms with van der Waals surface area (Å²) >= 11 is 0. The van der Waals surface area contributed by atoms with Crippen molar-refractivity contribution in [1.29, 1.82) is 0 Å². The van der Waals surface area contributed by atoms with Crippen molar-refractivity contribution in [2.45, 2.75) is 151 Å². The first kappa shape index (κ1) is 34.0. The molecule has 0 radical (unpaired) electrons. The summed E-state index contributed by atoms with van der Waals surface area (Å²) in [6, 6.07) is 6.39. The van der Waals surface area contributed by atoms with Crippen LogP contribution in [0.3, 0.4) is 0 Å². The van der Waals surface area contributed by atoms with Crippen molar-refractivity contribution in [3.63, 3.8) is 0 Å². The fourth-order valence-corrected chi connectivity index (χ4v) is 15.0. The van der Waals surface area contributed by atoms with Crippen LogP contribution >= 0.6 is 0 Å². The van der Waals surface area contributed by atoms with Crippen molar-refractivity contribution in [3.8, 4) is 5.75 Å². The molecule has 4 aliphatic carbocycles. The maximum absolute atomic E-state index is 14.3. The van der Waals surface area contributed by atoms with E-state index in [2.05, 4.69) is 47.3 Å². The van der Waals surface area contributed by atoms with Crippen molar-refractivity contribution in [2.75, 3.05) is 4.72 Å². The fraction of sp³-hybridized carbons (Fsp3) is 0.842. The number of phenols is 1. The summed E-state index contributed by atoms with van der Waals surface area (Å²) in [7, 11) is -3.71. The van der Waals surface area contributed by atoms with E-state index < -0.39 is 15.3 Å². The van der Waals surface area contributed by atoms with Crippen LogP contribution in [0.15, 0.2) is 24.3 Å². The normalized spacial score (nSPS) is 49.4. The Hall–Kier alpha value is -1.55. The predicted molar refractivity (Wildman–Crippen MR) is 197 cm³/mol. The Balaban J connectivity index is 0.996. The van der Waals surface area contributed by atoms with Gasteiger partial charge in [0.05, 0.1) is 54.6 Å². The van der Waals surface area contributed by atoms with Gasteiger partial charge in [0.25, 0.3) is 0 Å². The molecule has 5 aliphatic heterocycles. The van der Waals surface area contributed by atoms with Gasteiger partial charge in [-0.25, -0.2) is 8.42 Å². The fourth-order valence-electron chi connectivity index (χ4n) is 13.1. The average molecular weight is 724 g/mol. The smallest absolute Gasteiger partial charge is 0.236 e. The first-order valence-electron chi connectivity index (χ1n) is 20.8. The lowest BCUT2D eigenvalue weighted by Crippen LogP contribution is -2.62. The van der Waals surface area contributed by atoms with Crippen LogP contribution in [0.25, 0.3) is 0 Å². The highest BCUT2D eigenvalue weighted by Gasteiger charge is 2.57. The molecule has 10 rings (SSSR count). The summed E-state index contributed by atoms with van der Waals surface area (Å²) in [4.78, 5) is 0. The molecule has 12 nitrogen and oxygen atoms in total. The molecule has 17 unspecified atom stereocenters. The zero-order valence-corrected chi connectivity index (χ0v) is 30.7. The Morgan fingerprint density at radius 2 is 0.784 bits per heavy atom. The van der Waals surface area contributed by atoms with Gasteiger partial charge in [-0.05, 0) is 117 Å². The van der Waals surface area contributed by atoms with Crippen LogP contribution in [0.4, 0.5) is 5.69 Å². The van der Waals surface area contributed by atoms with Crippen LogP contribution in [0.1, 0.15) is 96.3 Å². The zero-order valence-electron chi connectivity index (χ0n) is 29.9. The summed E-state index contributed by atoms with van der Waals surface area (Å²) in [5.41, 5.74) is 0.502. The van der Waals surface area contributed by atoms with Crippen LogP contribution in [-0.4, -0.2) is 68.1 Å². The minimum Gasteiger partial charge on any atom is -0.508 e. The van der Waals surface area contributed by atoms with E-state index in [1.165, 1.54) is 77.0 Å². The monoisotopic (exact) mass is 723 g/mol. The van der Waals surface area contributed by atoms with E-state index in [1.54, 1.807) is 24.3 Å². The first-order chi connectivity index (χ1) is 24.9. The highest BCUT2D eigenvalue weighted by Crippen LogP contribution is 2.46. The van der Waals surface area contributed by atoms with Gasteiger partial charge in [0.2, 0.25) is 10.0 Å². The summed E-state index contributed by atoms with van der Waals surface area (Å²) in [6.07, 6.45) is 19.0. The average Bonchev–Trinajstić information content (AvgIpc) is 3.88. The van der Waals surface area contributed by atoms with Gasteiger partial charge >= 0.3 is 0 Å². The number of hydrogen-bond donors (Lipinski definition) is 10. The lowest BCUT2D eigenvalue weighted by molar-refractivity contribution is 0.168. The van der Waals surface area contributed by atoms with E-state index in [0.717, 1.165) is 12.8 Å². The Bertz CT molecular complexity index is 1520. The van der Waals surface area contributed by atoms with E-state index in [9.17, 15) is 13.5 Å². The van der Waals surface area contributed by atoms with Crippen molar-refractivity contribution >= 4 is 15.7 Å². The third-order valence-electron chi connectivity index (χ3n) is 15.4. The van der Waals surface area contributed by atoms with Crippen LogP contribution in [0.2, 0.25) is 0 Å². The summed E-state index contributed by atoms with van der Waals surface area (Å²) < 4.78 is 31.6. The zero-order chi connectivity index (χ0) is 34.3. The minimum atomic E-state index is -3.71. The van der Waals surface area contributed by atoms with Crippen molar-refractivity contribution in [2.24, 2.45) is 47.3 Å². The second-order valence-corrected chi connectivity index (χ2v) is 19.8. The van der Waals surface area contributed by atoms with Gasteiger partial charge in [0, 0.05) is 11.6 Å². The van der Waals surface area contributed by atoms with Crippen LogP contribution < -0.4 is 47.3 Å². The molecule has 5 saturated heterocycles. The number of hydrogen-bond acceptors (Lipinski definition) is 11. The van der Waals surface area contributed by atoms with Gasteiger partial charge < -0.3 is 5.11 Å². The molecule has 0 spiro atoms. The number of benzene rings is 1. The number of aromatic hydroxyl groups is 1. The van der Waals surface area contributed by atoms with E-state index in [4.69, 9.17) is 0 Å². The summed E-state index contributed by atoms with van der Waals surface area (Å²) in [5.74, 6) is 3.70. The largest absolute Gasteiger partial charge is 0.508 e. The second kappa shape index (κ2) is 13.6. The SMILES string of the molecule is O=S(=O)(Nc1ccc(O)cc1)C1CCCC2C3NC4NC(NC5NC(NC6NC(NC(N3)C21)C1CCCCC61)C1CCCCC51)C1CCCCC41. The molecule has 10 N–H and O–H groups in total. The number of phenolic OH excluding ortho intramolecular Hbond substituents is 1. The Kier molecular flexibility index (Phi) is 9.08. The van der Waals surface area contributed by atoms with Crippen LogP contribution in [-0.2, 0) is 10.0 Å². The number of anilines is 1. The van der Waals surface area contributed by atoms with Gasteiger partial charge in [-0.2, -0.15) is 0 Å². The molecule has 8 bridgehead atoms. The van der Waals surface area contributed by atoms with Gasteiger partial charge in [-0.15, -0.1) is 0 Å². The van der Waals surface area contributed by atoms with E-state index >= 15 is 0 Å². The number of rotatable bonds is 3. The van der Waals surface area contributed by atoms with Gasteiger partial charge in [-0.1, -0.05) is 44.9 Å². The molecule has 51 heavy (non-hydrogen) atoms. The summed E-state index contributed by atoms with van der Waals surface area (Å²) in [6.45, 7) is 0. The molecule has 1 aromatic rings. The Morgan fingerprint density at radius 3 is 1.18 bits per heavy atom. The first-order valence-corrected chi connectivity index (χ1v) is 22.3. The topological polar surface area (TPSA) is 163 Å². The van der Waals surface area contributed by atoms with Crippen LogP contribution in [0, 0.1) is 47.3 Å². The molecule has 1 aromatic carbocycles. The van der Waals surface area contributed by atoms with E-state index in [1.807, 2.05) is 0 Å². The molecule has 5 heterocycles. The lowest BCUT2D eigenvalue weighted by atomic mass is 9.76. The van der Waals surface area contributed by atoms with Crippen LogP contribution in [0.5, 0.6) is 5.75 Å². The molecular formula is C38H61N9O3S. The number of fused-ring (bicyclic) bond motifs is 20. The molecular weight excluding hydrogens is 663 g/mol. The molecule has 4 saturated carbocycles. The molecule has 9 fully saturated rings. The van der Waals surface area contributed by atoms with Crippen molar-refractivity contribution < 1.29 is 13.5 Å². The highest BCUT2D eigenvalue weighted by atomic mass is 32.2. The maximum atomic E-state index is 14.3. The summed E-state index contributed by atoms with van der Waals surface area (Å²) in [5, 5.41) is 42.4. The van der Waals surface area contributed by atoms with Crippen molar-refractivity contribution in [1.82, 2.24) is 42.5 Å². The lowest BCUT2D eigenvalue weighted by Gasteiger charge is -2.39. The van der Waals surface area contributed by atoms with E-state index in [-0.39, 0.29) is 60.7 Å². The molecule has 17 atom stereocenters. The molecule has 0 aromatic heterocycles. The van der Waals surface area contributed by atoms with Gasteiger partial charge in [0.1, 0.15) is 5.75 Å².